The largest absolute Gasteiger partial charge is 0.533 e. The van der Waals surface area contributed by atoms with Crippen molar-refractivity contribution in [3.05, 3.63) is 207 Å². The van der Waals surface area contributed by atoms with E-state index in [1.54, 1.807) is 145 Å². The van der Waals surface area contributed by atoms with Gasteiger partial charge in [0.25, 0.3) is 0 Å². The fraction of sp³-hybridized carbons (Fsp3) is 0.241. The molecule has 0 atom stereocenters. The van der Waals surface area contributed by atoms with Crippen LogP contribution in [0.5, 0.6) is 5.75 Å². The number of allylic oxidation sites excluding steroid dienone is 25. The molecule has 5 aliphatic rings. The summed E-state index contributed by atoms with van der Waals surface area (Å²) in [6.07, 6.45) is 39.1. The van der Waals surface area contributed by atoms with E-state index >= 15 is 0 Å². The molecule has 0 amide bonds. The molecule has 6 N–H and O–H groups in total. The van der Waals surface area contributed by atoms with Crippen molar-refractivity contribution in [1.29, 1.82) is 0 Å². The second-order valence-electron chi connectivity index (χ2n) is 15.7. The van der Waals surface area contributed by atoms with Gasteiger partial charge in [0.05, 0.1) is 35.1 Å². The van der Waals surface area contributed by atoms with Crippen molar-refractivity contribution < 1.29 is 225 Å². The van der Waals surface area contributed by atoms with Gasteiger partial charge in [-0.1, -0.05) is 75.0 Å². The summed E-state index contributed by atoms with van der Waals surface area (Å²) in [6, 6.07) is 6.31. The Bertz CT molecular complexity index is 2400. The van der Waals surface area contributed by atoms with Crippen molar-refractivity contribution in [3.63, 3.8) is 0 Å². The Morgan fingerprint density at radius 2 is 0.736 bits per heavy atom. The van der Waals surface area contributed by atoms with Crippen molar-refractivity contribution in [2.75, 3.05) is 39.3 Å². The van der Waals surface area contributed by atoms with E-state index < -0.39 is 6.17 Å². The first-order chi connectivity index (χ1) is 31.7. The van der Waals surface area contributed by atoms with Crippen molar-refractivity contribution in [1.82, 2.24) is 31.5 Å². The maximum atomic E-state index is 12.3. The molecule has 72 heavy (non-hydrogen) atoms. The van der Waals surface area contributed by atoms with Gasteiger partial charge in [-0.3, -0.25) is 4.90 Å². The number of nitrogens with one attached hydrogen (secondary N) is 5. The van der Waals surface area contributed by atoms with Crippen LogP contribution in [0, 0.1) is 43.4 Å². The van der Waals surface area contributed by atoms with Crippen LogP contribution in [0.3, 0.4) is 0 Å². The molecule has 6 radical (unpaired) electrons. The van der Waals surface area contributed by atoms with Crippen molar-refractivity contribution in [2.45, 2.75) is 47.7 Å². The third-order valence-electron chi connectivity index (χ3n) is 10.6. The summed E-state index contributed by atoms with van der Waals surface area (Å²) in [4.78, 5) is 63.4. The molecule has 0 saturated heterocycles. The van der Waals surface area contributed by atoms with E-state index in [1.165, 1.54) is 0 Å². The first-order valence-corrected chi connectivity index (χ1v) is 21.4. The molecule has 1 aromatic rings. The van der Waals surface area contributed by atoms with Crippen LogP contribution in [0.1, 0.15) is 51.9 Å². The molecule has 0 aromatic heterocycles. The maximum absolute atomic E-state index is 12.3. The van der Waals surface area contributed by atoms with Gasteiger partial charge in [0.2, 0.25) is 0 Å². The van der Waals surface area contributed by atoms with E-state index in [0.29, 0.717) is 86.5 Å². The fourth-order valence-electron chi connectivity index (χ4n) is 6.58. The molecular formula is C54H54N6O6Y6-6. The van der Waals surface area contributed by atoms with Crippen LogP contribution in [-0.2, 0) is 220 Å². The number of carbonyl (C=O) groups is 5. The number of benzene rings is 1. The molecule has 12 nitrogen and oxygen atoms in total. The molecule has 0 fully saturated rings. The maximum Gasteiger partial charge on any atom is 0.0827 e. The van der Waals surface area contributed by atoms with Crippen molar-refractivity contribution in [3.8, 4) is 5.75 Å². The van der Waals surface area contributed by atoms with Gasteiger partial charge >= 0.3 is 0 Å². The molecule has 0 bridgehead atoms. The Labute approximate surface area is 576 Å². The number of ketones is 5. The molecule has 0 spiro atoms. The van der Waals surface area contributed by atoms with E-state index in [1.807, 2.05) is 0 Å². The molecule has 6 rings (SSSR count). The molecular weight excluding hydrogens is 1360 g/mol. The fourth-order valence-corrected chi connectivity index (χ4v) is 6.58. The van der Waals surface area contributed by atoms with Gasteiger partial charge in [0.15, 0.2) is 0 Å². The topological polar surface area (TPSA) is 169 Å². The molecule has 1 aromatic carbocycles. The molecule has 0 unspecified atom stereocenters. The molecule has 0 aliphatic heterocycles. The number of aromatic hydroxyl groups is 1. The third kappa shape index (κ3) is 22.9. The van der Waals surface area contributed by atoms with E-state index in [9.17, 15) is 29.1 Å². The first-order valence-electron chi connectivity index (χ1n) is 21.4. The Balaban J connectivity index is 0. The van der Waals surface area contributed by atoms with Crippen LogP contribution in [0.4, 0.5) is 0 Å². The quantitative estimate of drug-likeness (QED) is 0.0497. The number of Topliss-reactive ketones (excluding diaryl/α,β-unsaturated/α-hetero) is 5. The molecule has 18 heteroatoms. The number of aryl methyl sites for hydroxylation is 1. The summed E-state index contributed by atoms with van der Waals surface area (Å²) >= 11 is 0. The summed E-state index contributed by atoms with van der Waals surface area (Å²) in [5.41, 5.74) is 7.04. The predicted octanol–water partition coefficient (Wildman–Crippen LogP) is 5.58. The molecule has 0 heterocycles. The van der Waals surface area contributed by atoms with E-state index in [-0.39, 0.29) is 231 Å². The zero-order valence-corrected chi connectivity index (χ0v) is 58.6. The monoisotopic (exact) mass is 1420 g/mol. The SMILES string of the molecule is CC1=C[C-]=CC(=CNC(NC=C2C=[C-]C=C(C)C2=O)c2c[c-]cc(C)c2O)C1=O.CC1=C[C-]=CC(=CNCCN(CCNC=C2C=[C-]C=C(C)C2=O)CCNC=C2C=[C-]C=C(C)C2=O)C1=O.[Y].[Y].[Y].[Y].[Y].[Y]. The average molecular weight is 1420 g/mol. The average Bonchev–Trinajstić information content (AvgIpc) is 3.30. The summed E-state index contributed by atoms with van der Waals surface area (Å²) in [5, 5.41) is 26.4. The number of hydrogen-bond acceptors (Lipinski definition) is 12. The normalized spacial score (nSPS) is 18.6. The number of phenolic OH excluding ortho intramolecular Hbond substituents is 1. The summed E-state index contributed by atoms with van der Waals surface area (Å²) in [7, 11) is 0. The molecule has 360 valence electrons. The summed E-state index contributed by atoms with van der Waals surface area (Å²) < 4.78 is 0. The van der Waals surface area contributed by atoms with Gasteiger partial charge in [0.1, 0.15) is 0 Å². The number of rotatable bonds is 17. The second-order valence-corrected chi connectivity index (χ2v) is 15.7. The Kier molecular flexibility index (Phi) is 39.2. The number of carbonyl (C=O) groups excluding carboxylic acids is 5. The number of hydrogen-bond donors (Lipinski definition) is 6. The number of nitrogens with zero attached hydrogens (tertiary/aromatic N) is 1. The van der Waals surface area contributed by atoms with Gasteiger partial charge in [-0.05, 0) is 31.0 Å². The predicted molar refractivity (Wildman–Crippen MR) is 254 cm³/mol. The van der Waals surface area contributed by atoms with Gasteiger partial charge < -0.3 is 55.7 Å². The van der Waals surface area contributed by atoms with Crippen LogP contribution in [0.2, 0.25) is 0 Å². The van der Waals surface area contributed by atoms with E-state index in [4.69, 9.17) is 0 Å². The smallest absolute Gasteiger partial charge is 0.0827 e. The Hall–Kier alpha value is -0.947. The molecule has 0 saturated carbocycles. The van der Waals surface area contributed by atoms with E-state index in [2.05, 4.69) is 67.9 Å². The van der Waals surface area contributed by atoms with Crippen molar-refractivity contribution in [2.24, 2.45) is 0 Å². The van der Waals surface area contributed by atoms with Gasteiger partial charge in [-0.2, -0.15) is 109 Å². The number of phenols is 1. The van der Waals surface area contributed by atoms with Gasteiger partial charge in [0, 0.05) is 241 Å². The van der Waals surface area contributed by atoms with Crippen LogP contribution >= 0.6 is 0 Å². The zero-order valence-electron chi connectivity index (χ0n) is 41.5. The zero-order chi connectivity index (χ0) is 47.6. The standard InChI is InChI=1S/C30H33N4O3.C24H21N2O3.6Y/c1-22-7-4-10-25(28(22)35)19-31-13-16-34(17-14-32-20-26-11-5-8-23(2)29(26)36)18-15-33-21-27-12-6-9-24(3)30(27)37;1-15-7-4-10-18(21(15)27)13-25-24(20-12-6-9-17(3)23(20)29)26-14-19-11-5-8-16(2)22(19)28;;;;;;/h7-12,19-21,31-33H,13-18H2,1-3H3;7-14,24-26,29H,1-3H3;;;;;;/q2*-3;;;;;;. The van der Waals surface area contributed by atoms with Crippen LogP contribution in [0.25, 0.3) is 0 Å². The second kappa shape index (κ2) is 38.6. The third-order valence-corrected chi connectivity index (χ3v) is 10.6. The van der Waals surface area contributed by atoms with Crippen LogP contribution < -0.4 is 26.6 Å². The van der Waals surface area contributed by atoms with Crippen molar-refractivity contribution >= 4 is 28.9 Å². The minimum Gasteiger partial charge on any atom is -0.533 e. The van der Waals surface area contributed by atoms with Gasteiger partial charge in [-0.25, -0.2) is 0 Å². The minimum absolute atomic E-state index is 0. The Morgan fingerprint density at radius 3 is 1.03 bits per heavy atom. The Morgan fingerprint density at radius 1 is 0.458 bits per heavy atom. The summed E-state index contributed by atoms with van der Waals surface area (Å²) in [6.45, 7) is 14.7. The van der Waals surface area contributed by atoms with E-state index in [0.717, 1.165) is 19.6 Å². The van der Waals surface area contributed by atoms with Crippen LogP contribution in [-0.4, -0.2) is 78.2 Å². The molecule has 5 aliphatic carbocycles. The first kappa shape index (κ1) is 73.1. The van der Waals surface area contributed by atoms with Gasteiger partial charge in [-0.15, -0.1) is 33.4 Å². The summed E-state index contributed by atoms with van der Waals surface area (Å²) in [5.74, 6) is -0.102. The minimum atomic E-state index is -0.606. The van der Waals surface area contributed by atoms with Crippen LogP contribution in [0.15, 0.2) is 160 Å².